The molecular weight excluding hydrogens is 282 g/mol. The van der Waals surface area contributed by atoms with Gasteiger partial charge in [0, 0.05) is 34.1 Å². The average Bonchev–Trinajstić information content (AvgIpc) is 2.96. The summed E-state index contributed by atoms with van der Waals surface area (Å²) in [5, 5.41) is 6.29. The number of fused-ring (bicyclic) bond motifs is 1. The summed E-state index contributed by atoms with van der Waals surface area (Å²) in [6.45, 7) is 2.71. The lowest BCUT2D eigenvalue weighted by molar-refractivity contribution is 0.100. The molecule has 0 saturated heterocycles. The SMILES string of the molecule is Cc1ccc(NCc2cc(C(N)=O)cs2)c2cccnc12. The highest BCUT2D eigenvalue weighted by atomic mass is 32.1. The van der Waals surface area contributed by atoms with Crippen molar-refractivity contribution in [2.24, 2.45) is 5.73 Å². The number of hydrogen-bond acceptors (Lipinski definition) is 4. The van der Waals surface area contributed by atoms with Crippen molar-refractivity contribution in [3.05, 3.63) is 57.9 Å². The number of nitrogens with one attached hydrogen (secondary N) is 1. The number of anilines is 1. The van der Waals surface area contributed by atoms with Gasteiger partial charge in [-0.05, 0) is 36.8 Å². The van der Waals surface area contributed by atoms with Gasteiger partial charge in [0.25, 0.3) is 0 Å². The molecule has 1 aromatic carbocycles. The third-order valence-electron chi connectivity index (χ3n) is 3.36. The summed E-state index contributed by atoms with van der Waals surface area (Å²) in [5.74, 6) is -0.387. The van der Waals surface area contributed by atoms with Crippen molar-refractivity contribution in [3.63, 3.8) is 0 Å². The summed E-state index contributed by atoms with van der Waals surface area (Å²) in [5.41, 5.74) is 9.03. The Labute approximate surface area is 126 Å². The second-order valence-corrected chi connectivity index (χ2v) is 5.84. The molecule has 3 aromatic rings. The van der Waals surface area contributed by atoms with Crippen LogP contribution in [0.5, 0.6) is 0 Å². The van der Waals surface area contributed by atoms with Crippen molar-refractivity contribution in [2.45, 2.75) is 13.5 Å². The van der Waals surface area contributed by atoms with E-state index in [0.29, 0.717) is 12.1 Å². The Hall–Kier alpha value is -2.40. The molecule has 0 aliphatic carbocycles. The summed E-state index contributed by atoms with van der Waals surface area (Å²) in [7, 11) is 0. The van der Waals surface area contributed by atoms with Crippen LogP contribution >= 0.6 is 11.3 Å². The van der Waals surface area contributed by atoms with Gasteiger partial charge in [-0.25, -0.2) is 0 Å². The predicted molar refractivity (Wildman–Crippen MR) is 86.6 cm³/mol. The molecule has 2 aromatic heterocycles. The molecule has 0 fully saturated rings. The smallest absolute Gasteiger partial charge is 0.249 e. The molecule has 1 amide bonds. The van der Waals surface area contributed by atoms with Gasteiger partial charge in [0.15, 0.2) is 0 Å². The normalized spacial score (nSPS) is 10.7. The molecule has 106 valence electrons. The van der Waals surface area contributed by atoms with Crippen LogP contribution < -0.4 is 11.1 Å². The van der Waals surface area contributed by atoms with Crippen molar-refractivity contribution in [3.8, 4) is 0 Å². The zero-order valence-electron chi connectivity index (χ0n) is 11.6. The molecule has 5 heteroatoms. The van der Waals surface area contributed by atoms with E-state index in [-0.39, 0.29) is 5.91 Å². The Morgan fingerprint density at radius 3 is 3.00 bits per heavy atom. The lowest BCUT2D eigenvalue weighted by Gasteiger charge is -2.10. The van der Waals surface area contributed by atoms with Gasteiger partial charge in [0.2, 0.25) is 5.91 Å². The number of primary amides is 1. The topological polar surface area (TPSA) is 68.0 Å². The molecule has 21 heavy (non-hydrogen) atoms. The van der Waals surface area contributed by atoms with Gasteiger partial charge in [0.05, 0.1) is 11.1 Å². The number of amides is 1. The predicted octanol–water partition coefficient (Wildman–Crippen LogP) is 3.32. The van der Waals surface area contributed by atoms with E-state index in [1.807, 2.05) is 12.1 Å². The fourth-order valence-electron chi connectivity index (χ4n) is 2.25. The van der Waals surface area contributed by atoms with Gasteiger partial charge >= 0.3 is 0 Å². The van der Waals surface area contributed by atoms with Crippen LogP contribution in [0.2, 0.25) is 0 Å². The molecular formula is C16H15N3OS. The molecule has 0 atom stereocenters. The first-order valence-electron chi connectivity index (χ1n) is 6.60. The van der Waals surface area contributed by atoms with E-state index in [1.54, 1.807) is 11.6 Å². The number of nitrogens with two attached hydrogens (primary N) is 1. The minimum Gasteiger partial charge on any atom is -0.380 e. The van der Waals surface area contributed by atoms with Crippen molar-refractivity contribution in [1.29, 1.82) is 0 Å². The minimum absolute atomic E-state index is 0.387. The summed E-state index contributed by atoms with van der Waals surface area (Å²) < 4.78 is 0. The van der Waals surface area contributed by atoms with E-state index in [1.165, 1.54) is 11.3 Å². The molecule has 3 rings (SSSR count). The Kier molecular flexibility index (Phi) is 3.58. The van der Waals surface area contributed by atoms with Gasteiger partial charge in [-0.15, -0.1) is 11.3 Å². The van der Waals surface area contributed by atoms with E-state index >= 15 is 0 Å². The molecule has 0 saturated carbocycles. The largest absolute Gasteiger partial charge is 0.380 e. The van der Waals surface area contributed by atoms with Crippen LogP contribution in [-0.2, 0) is 6.54 Å². The Bertz CT molecular complexity index is 810. The van der Waals surface area contributed by atoms with Crippen molar-refractivity contribution in [2.75, 3.05) is 5.32 Å². The summed E-state index contributed by atoms with van der Waals surface area (Å²) in [6, 6.07) is 9.93. The highest BCUT2D eigenvalue weighted by molar-refractivity contribution is 7.10. The molecule has 0 unspecified atom stereocenters. The molecule has 0 radical (unpaired) electrons. The van der Waals surface area contributed by atoms with E-state index in [4.69, 9.17) is 5.73 Å². The average molecular weight is 297 g/mol. The second kappa shape index (κ2) is 5.54. The first-order valence-corrected chi connectivity index (χ1v) is 7.48. The number of carbonyl (C=O) groups excluding carboxylic acids is 1. The Balaban J connectivity index is 1.85. The van der Waals surface area contributed by atoms with Gasteiger partial charge in [-0.2, -0.15) is 0 Å². The number of rotatable bonds is 4. The molecule has 0 aliphatic rings. The molecule has 4 nitrogen and oxygen atoms in total. The molecule has 0 bridgehead atoms. The minimum atomic E-state index is -0.387. The Morgan fingerprint density at radius 1 is 1.38 bits per heavy atom. The van der Waals surface area contributed by atoms with E-state index < -0.39 is 0 Å². The van der Waals surface area contributed by atoms with E-state index in [9.17, 15) is 4.79 Å². The third kappa shape index (κ3) is 2.73. The fraction of sp³-hybridized carbons (Fsp3) is 0.125. The first kappa shape index (κ1) is 13.6. The lowest BCUT2D eigenvalue weighted by atomic mass is 10.1. The first-order chi connectivity index (χ1) is 10.1. The molecule has 2 heterocycles. The van der Waals surface area contributed by atoms with Crippen LogP contribution in [0.1, 0.15) is 20.8 Å². The maximum Gasteiger partial charge on any atom is 0.249 e. The number of nitrogens with zero attached hydrogens (tertiary/aromatic N) is 1. The fourth-order valence-corrected chi connectivity index (χ4v) is 3.07. The van der Waals surface area contributed by atoms with Crippen molar-refractivity contribution < 1.29 is 4.79 Å². The summed E-state index contributed by atoms with van der Waals surface area (Å²) in [4.78, 5) is 16.6. The summed E-state index contributed by atoms with van der Waals surface area (Å²) in [6.07, 6.45) is 1.80. The second-order valence-electron chi connectivity index (χ2n) is 4.85. The number of aromatic nitrogens is 1. The monoisotopic (exact) mass is 297 g/mol. The maximum atomic E-state index is 11.1. The zero-order valence-corrected chi connectivity index (χ0v) is 12.4. The van der Waals surface area contributed by atoms with Gasteiger partial charge in [-0.1, -0.05) is 6.07 Å². The third-order valence-corrected chi connectivity index (χ3v) is 4.30. The van der Waals surface area contributed by atoms with Gasteiger partial charge in [0.1, 0.15) is 0 Å². The van der Waals surface area contributed by atoms with Gasteiger partial charge in [-0.3, -0.25) is 9.78 Å². The van der Waals surface area contributed by atoms with Crippen LogP contribution in [0.15, 0.2) is 41.9 Å². The van der Waals surface area contributed by atoms with Crippen LogP contribution in [0.4, 0.5) is 5.69 Å². The Morgan fingerprint density at radius 2 is 2.24 bits per heavy atom. The zero-order chi connectivity index (χ0) is 14.8. The summed E-state index contributed by atoms with van der Waals surface area (Å²) >= 11 is 1.53. The number of thiophene rings is 1. The van der Waals surface area contributed by atoms with E-state index in [0.717, 1.165) is 27.0 Å². The number of benzene rings is 1. The van der Waals surface area contributed by atoms with Gasteiger partial charge < -0.3 is 11.1 Å². The lowest BCUT2D eigenvalue weighted by Crippen LogP contribution is -2.09. The molecule has 0 spiro atoms. The van der Waals surface area contributed by atoms with Crippen LogP contribution in [0, 0.1) is 6.92 Å². The van der Waals surface area contributed by atoms with Crippen molar-refractivity contribution in [1.82, 2.24) is 4.98 Å². The maximum absolute atomic E-state index is 11.1. The van der Waals surface area contributed by atoms with Crippen molar-refractivity contribution >= 4 is 33.8 Å². The van der Waals surface area contributed by atoms with Crippen LogP contribution in [0.25, 0.3) is 10.9 Å². The number of carbonyl (C=O) groups is 1. The van der Waals surface area contributed by atoms with E-state index in [2.05, 4.69) is 35.4 Å². The number of hydrogen-bond donors (Lipinski definition) is 2. The quantitative estimate of drug-likeness (QED) is 0.776. The van der Waals surface area contributed by atoms with Crippen LogP contribution in [0.3, 0.4) is 0 Å². The molecule has 3 N–H and O–H groups in total. The highest BCUT2D eigenvalue weighted by Gasteiger charge is 2.07. The number of pyridine rings is 1. The molecule has 0 aliphatic heterocycles. The standard InChI is InChI=1S/C16H15N3OS/c1-10-4-5-14(13-3-2-6-18-15(10)13)19-8-12-7-11(9-21-12)16(17)20/h2-7,9,19H,8H2,1H3,(H2,17,20). The number of aryl methyl sites for hydroxylation is 1. The highest BCUT2D eigenvalue weighted by Crippen LogP contribution is 2.25. The van der Waals surface area contributed by atoms with Crippen LogP contribution in [-0.4, -0.2) is 10.9 Å².